The lowest BCUT2D eigenvalue weighted by molar-refractivity contribution is -0.137. The Morgan fingerprint density at radius 1 is 1.53 bits per heavy atom. The van der Waals surface area contributed by atoms with E-state index in [1.165, 1.54) is 17.2 Å². The summed E-state index contributed by atoms with van der Waals surface area (Å²) in [5, 5.41) is 0. The highest BCUT2D eigenvalue weighted by Gasteiger charge is 2.37. The molecule has 1 aromatic heterocycles. The maximum absolute atomic E-state index is 12.9. The number of hydrogen-bond acceptors (Lipinski definition) is 4. The van der Waals surface area contributed by atoms with Crippen molar-refractivity contribution in [2.45, 2.75) is 12.3 Å². The van der Waals surface area contributed by atoms with Crippen molar-refractivity contribution in [2.24, 2.45) is 5.73 Å². The average Bonchev–Trinajstić information content (AvgIpc) is 2.38. The van der Waals surface area contributed by atoms with Crippen LogP contribution < -0.4 is 10.6 Å². The fourth-order valence-corrected chi connectivity index (χ4v) is 1.88. The first-order chi connectivity index (χ1) is 8.89. The Kier molecular flexibility index (Phi) is 3.61. The number of amides is 1. The van der Waals surface area contributed by atoms with Gasteiger partial charge in [-0.2, -0.15) is 13.2 Å². The van der Waals surface area contributed by atoms with Crippen molar-refractivity contribution >= 4 is 11.7 Å². The van der Waals surface area contributed by atoms with Crippen LogP contribution in [0.3, 0.4) is 0 Å². The van der Waals surface area contributed by atoms with Crippen LogP contribution >= 0.6 is 0 Å². The zero-order chi connectivity index (χ0) is 14.0. The molecule has 8 heteroatoms. The van der Waals surface area contributed by atoms with Gasteiger partial charge < -0.3 is 15.4 Å². The molecule has 1 aliphatic rings. The van der Waals surface area contributed by atoms with Gasteiger partial charge in [-0.25, -0.2) is 4.98 Å². The van der Waals surface area contributed by atoms with Crippen LogP contribution in [0.2, 0.25) is 0 Å². The largest absolute Gasteiger partial charge is 0.419 e. The molecule has 2 rings (SSSR count). The van der Waals surface area contributed by atoms with E-state index in [1.807, 2.05) is 0 Å². The van der Waals surface area contributed by atoms with Crippen LogP contribution in [0.1, 0.15) is 5.56 Å². The Morgan fingerprint density at radius 3 is 2.89 bits per heavy atom. The predicted octanol–water partition coefficient (Wildman–Crippen LogP) is 0.791. The second kappa shape index (κ2) is 5.04. The molecule has 0 bridgehead atoms. The summed E-state index contributed by atoms with van der Waals surface area (Å²) in [6.45, 7) is 0.320. The number of morpholine rings is 1. The molecule has 1 aliphatic heterocycles. The molecule has 0 aromatic carbocycles. The van der Waals surface area contributed by atoms with Crippen molar-refractivity contribution in [3.63, 3.8) is 0 Å². The van der Waals surface area contributed by atoms with Crippen molar-refractivity contribution in [2.75, 3.05) is 24.6 Å². The zero-order valence-corrected chi connectivity index (χ0v) is 9.85. The number of carbonyl (C=O) groups is 1. The molecule has 1 saturated heterocycles. The maximum Gasteiger partial charge on any atom is 0.419 e. The molecule has 1 amide bonds. The summed E-state index contributed by atoms with van der Waals surface area (Å²) in [7, 11) is 0. The molecule has 0 radical (unpaired) electrons. The van der Waals surface area contributed by atoms with Gasteiger partial charge >= 0.3 is 6.18 Å². The van der Waals surface area contributed by atoms with E-state index in [9.17, 15) is 18.0 Å². The molecule has 2 heterocycles. The number of anilines is 1. The highest BCUT2D eigenvalue weighted by Crippen LogP contribution is 2.35. The smallest absolute Gasteiger partial charge is 0.367 e. The molecule has 1 aromatic rings. The average molecular weight is 275 g/mol. The lowest BCUT2D eigenvalue weighted by Gasteiger charge is -2.33. The Hall–Kier alpha value is -1.83. The topological polar surface area (TPSA) is 68.5 Å². The number of ether oxygens (including phenoxy) is 1. The molecule has 104 valence electrons. The molecule has 1 fully saturated rings. The lowest BCUT2D eigenvalue weighted by atomic mass is 10.2. The number of alkyl halides is 3. The van der Waals surface area contributed by atoms with Gasteiger partial charge in [0, 0.05) is 12.7 Å². The Labute approximate surface area is 107 Å². The third kappa shape index (κ3) is 2.95. The van der Waals surface area contributed by atoms with Crippen LogP contribution in [-0.2, 0) is 15.7 Å². The molecule has 1 atom stereocenters. The minimum Gasteiger partial charge on any atom is -0.367 e. The molecule has 19 heavy (non-hydrogen) atoms. The maximum atomic E-state index is 12.9. The van der Waals surface area contributed by atoms with Crippen molar-refractivity contribution in [1.82, 2.24) is 4.98 Å². The van der Waals surface area contributed by atoms with Crippen LogP contribution in [0.5, 0.6) is 0 Å². The van der Waals surface area contributed by atoms with Gasteiger partial charge in [-0.15, -0.1) is 0 Å². The van der Waals surface area contributed by atoms with E-state index < -0.39 is 23.8 Å². The summed E-state index contributed by atoms with van der Waals surface area (Å²) in [6, 6.07) is 2.18. The number of nitrogens with zero attached hydrogens (tertiary/aromatic N) is 2. The fraction of sp³-hybridized carbons (Fsp3) is 0.455. The zero-order valence-electron chi connectivity index (χ0n) is 9.85. The van der Waals surface area contributed by atoms with Crippen molar-refractivity contribution in [1.29, 1.82) is 0 Å². The van der Waals surface area contributed by atoms with E-state index in [1.54, 1.807) is 0 Å². The van der Waals surface area contributed by atoms with Gasteiger partial charge in [-0.3, -0.25) is 4.79 Å². The molecule has 2 N–H and O–H groups in total. The molecular weight excluding hydrogens is 263 g/mol. The van der Waals surface area contributed by atoms with E-state index in [4.69, 9.17) is 10.5 Å². The van der Waals surface area contributed by atoms with Crippen LogP contribution in [0.4, 0.5) is 19.0 Å². The van der Waals surface area contributed by atoms with Gasteiger partial charge in [0.25, 0.3) is 0 Å². The third-order valence-corrected chi connectivity index (χ3v) is 2.78. The summed E-state index contributed by atoms with van der Waals surface area (Å²) in [4.78, 5) is 16.2. The number of hydrogen-bond donors (Lipinski definition) is 1. The first-order valence-electron chi connectivity index (χ1n) is 5.57. The number of halogens is 3. The minimum atomic E-state index is -4.50. The van der Waals surface area contributed by atoms with Crippen molar-refractivity contribution < 1.29 is 22.7 Å². The summed E-state index contributed by atoms with van der Waals surface area (Å²) >= 11 is 0. The van der Waals surface area contributed by atoms with Gasteiger partial charge in [0.1, 0.15) is 5.82 Å². The second-order valence-corrected chi connectivity index (χ2v) is 4.08. The quantitative estimate of drug-likeness (QED) is 0.866. The van der Waals surface area contributed by atoms with Gasteiger partial charge in [-0.1, -0.05) is 0 Å². The number of rotatable bonds is 2. The van der Waals surface area contributed by atoms with Crippen LogP contribution in [0, 0.1) is 0 Å². The molecule has 1 unspecified atom stereocenters. The summed E-state index contributed by atoms with van der Waals surface area (Å²) in [6.07, 6.45) is -4.14. The van der Waals surface area contributed by atoms with Gasteiger partial charge in [0.2, 0.25) is 5.91 Å². The standard InChI is InChI=1S/C11H12F3N3O2/c12-11(13,14)7-2-1-3-16-10(7)17-4-5-19-8(6-17)9(15)18/h1-3,8H,4-6H2,(H2,15,18). The first-order valence-corrected chi connectivity index (χ1v) is 5.57. The van der Waals surface area contributed by atoms with E-state index in [2.05, 4.69) is 4.98 Å². The third-order valence-electron chi connectivity index (χ3n) is 2.78. The Bertz CT molecular complexity index is 478. The second-order valence-electron chi connectivity index (χ2n) is 4.08. The number of primary amides is 1. The highest BCUT2D eigenvalue weighted by molar-refractivity contribution is 5.79. The summed E-state index contributed by atoms with van der Waals surface area (Å²) < 4.78 is 43.7. The SMILES string of the molecule is NC(=O)C1CN(c2ncccc2C(F)(F)F)CCO1. The van der Waals surface area contributed by atoms with Crippen molar-refractivity contribution in [3.05, 3.63) is 23.9 Å². The summed E-state index contributed by atoms with van der Waals surface area (Å²) in [5.74, 6) is -0.904. The van der Waals surface area contributed by atoms with Gasteiger partial charge in [0.15, 0.2) is 6.10 Å². The van der Waals surface area contributed by atoms with Gasteiger partial charge in [0.05, 0.1) is 18.7 Å². The normalized spacial score (nSPS) is 20.4. The number of carbonyl (C=O) groups excluding carboxylic acids is 1. The summed E-state index contributed by atoms with van der Waals surface area (Å²) in [5.41, 5.74) is 4.26. The van der Waals surface area contributed by atoms with E-state index >= 15 is 0 Å². The molecule has 0 aliphatic carbocycles. The number of nitrogens with two attached hydrogens (primary N) is 1. The predicted molar refractivity (Wildman–Crippen MR) is 60.4 cm³/mol. The minimum absolute atomic E-state index is 0.0323. The van der Waals surface area contributed by atoms with Crippen LogP contribution in [-0.4, -0.2) is 36.7 Å². The molecule has 5 nitrogen and oxygen atoms in total. The lowest BCUT2D eigenvalue weighted by Crippen LogP contribution is -2.49. The van der Waals surface area contributed by atoms with Crippen LogP contribution in [0.25, 0.3) is 0 Å². The number of aromatic nitrogens is 1. The molecular formula is C11H12F3N3O2. The van der Waals surface area contributed by atoms with Crippen molar-refractivity contribution in [3.8, 4) is 0 Å². The Morgan fingerprint density at radius 2 is 2.26 bits per heavy atom. The van der Waals surface area contributed by atoms with E-state index in [0.717, 1.165) is 6.07 Å². The molecule has 0 saturated carbocycles. The molecule has 0 spiro atoms. The van der Waals surface area contributed by atoms with Crippen LogP contribution in [0.15, 0.2) is 18.3 Å². The van der Waals surface area contributed by atoms with E-state index in [0.29, 0.717) is 0 Å². The van der Waals surface area contributed by atoms with Gasteiger partial charge in [-0.05, 0) is 12.1 Å². The Balaban J connectivity index is 2.29. The highest BCUT2D eigenvalue weighted by atomic mass is 19.4. The first kappa shape index (κ1) is 13.6. The monoisotopic (exact) mass is 275 g/mol. The van der Waals surface area contributed by atoms with E-state index in [-0.39, 0.29) is 25.5 Å². The number of pyridine rings is 1. The fourth-order valence-electron chi connectivity index (χ4n) is 1.88.